The Kier molecular flexibility index (Phi) is 2.84. The molecule has 2 aromatic rings. The molecule has 0 radical (unpaired) electrons. The Labute approximate surface area is 116 Å². The summed E-state index contributed by atoms with van der Waals surface area (Å²) < 4.78 is 1.66. The molecule has 1 unspecified atom stereocenters. The van der Waals surface area contributed by atoms with Crippen molar-refractivity contribution in [3.8, 4) is 0 Å². The summed E-state index contributed by atoms with van der Waals surface area (Å²) in [4.78, 5) is 20.0. The zero-order valence-electron chi connectivity index (χ0n) is 11.8. The van der Waals surface area contributed by atoms with Crippen LogP contribution in [0.3, 0.4) is 0 Å². The maximum Gasteiger partial charge on any atom is 0.242 e. The molecule has 2 aromatic heterocycles. The predicted octanol–water partition coefficient (Wildman–Crippen LogP) is 0.722. The number of anilines is 1. The second-order valence-corrected chi connectivity index (χ2v) is 6.02. The molecule has 1 atom stereocenters. The van der Waals surface area contributed by atoms with Gasteiger partial charge < -0.3 is 10.6 Å². The first-order valence-electron chi connectivity index (χ1n) is 6.71. The summed E-state index contributed by atoms with van der Waals surface area (Å²) in [6.07, 6.45) is 2.23. The van der Waals surface area contributed by atoms with Gasteiger partial charge in [-0.2, -0.15) is 9.61 Å². The van der Waals surface area contributed by atoms with Gasteiger partial charge in [0.25, 0.3) is 0 Å². The van der Waals surface area contributed by atoms with Gasteiger partial charge in [0.05, 0.1) is 5.69 Å². The molecule has 1 fully saturated rings. The largest absolute Gasteiger partial charge is 0.354 e. The van der Waals surface area contributed by atoms with Crippen LogP contribution in [0.5, 0.6) is 0 Å². The van der Waals surface area contributed by atoms with E-state index in [2.05, 4.69) is 46.5 Å². The first-order valence-corrected chi connectivity index (χ1v) is 6.71. The van der Waals surface area contributed by atoms with Gasteiger partial charge >= 0.3 is 0 Å². The Morgan fingerprint density at radius 2 is 2.20 bits per heavy atom. The Hall–Kier alpha value is -2.18. The van der Waals surface area contributed by atoms with Crippen molar-refractivity contribution in [2.75, 3.05) is 11.9 Å². The number of hydrogen-bond donors (Lipinski definition) is 2. The number of amides is 1. The number of nitrogens with zero attached hydrogens (tertiary/aromatic N) is 4. The van der Waals surface area contributed by atoms with Crippen molar-refractivity contribution in [1.29, 1.82) is 0 Å². The Morgan fingerprint density at radius 1 is 1.40 bits per heavy atom. The minimum atomic E-state index is -0.254. The van der Waals surface area contributed by atoms with Gasteiger partial charge in [-0.1, -0.05) is 20.8 Å². The van der Waals surface area contributed by atoms with Crippen LogP contribution in [0.4, 0.5) is 5.95 Å². The lowest BCUT2D eigenvalue weighted by molar-refractivity contribution is -0.119. The van der Waals surface area contributed by atoms with E-state index >= 15 is 0 Å². The molecule has 3 rings (SSSR count). The molecule has 2 N–H and O–H groups in total. The van der Waals surface area contributed by atoms with Crippen molar-refractivity contribution >= 4 is 17.5 Å². The van der Waals surface area contributed by atoms with Gasteiger partial charge in [0, 0.05) is 18.0 Å². The highest BCUT2D eigenvalue weighted by atomic mass is 16.2. The number of carbonyl (C=O) groups excluding carboxylic acids is 1. The van der Waals surface area contributed by atoms with Crippen molar-refractivity contribution in [3.05, 3.63) is 18.1 Å². The maximum atomic E-state index is 11.6. The fourth-order valence-electron chi connectivity index (χ4n) is 2.17. The number of carbonyl (C=O) groups is 1. The van der Waals surface area contributed by atoms with Crippen molar-refractivity contribution in [1.82, 2.24) is 24.9 Å². The fraction of sp³-hybridized carbons (Fsp3) is 0.538. The van der Waals surface area contributed by atoms with E-state index in [9.17, 15) is 4.79 Å². The van der Waals surface area contributed by atoms with Gasteiger partial charge in [0.2, 0.25) is 11.9 Å². The van der Waals surface area contributed by atoms with Gasteiger partial charge in [0.1, 0.15) is 12.4 Å². The van der Waals surface area contributed by atoms with Crippen molar-refractivity contribution in [2.45, 2.75) is 38.6 Å². The van der Waals surface area contributed by atoms with Crippen LogP contribution in [-0.2, 0) is 10.2 Å². The molecule has 0 spiro atoms. The van der Waals surface area contributed by atoms with Crippen LogP contribution < -0.4 is 10.6 Å². The van der Waals surface area contributed by atoms with E-state index < -0.39 is 0 Å². The van der Waals surface area contributed by atoms with E-state index in [4.69, 9.17) is 0 Å². The summed E-state index contributed by atoms with van der Waals surface area (Å²) in [5, 5.41) is 10.5. The molecule has 1 amide bonds. The number of rotatable bonds is 2. The van der Waals surface area contributed by atoms with E-state index in [0.717, 1.165) is 17.8 Å². The molecular weight excluding hydrogens is 256 g/mol. The zero-order chi connectivity index (χ0) is 14.3. The Bertz CT molecular complexity index is 656. The molecular formula is C13H18N6O. The fourth-order valence-corrected chi connectivity index (χ4v) is 2.17. The Morgan fingerprint density at radius 3 is 2.85 bits per heavy atom. The molecule has 0 aliphatic carbocycles. The molecule has 0 aromatic carbocycles. The van der Waals surface area contributed by atoms with E-state index in [1.165, 1.54) is 6.33 Å². The van der Waals surface area contributed by atoms with E-state index in [-0.39, 0.29) is 17.4 Å². The summed E-state index contributed by atoms with van der Waals surface area (Å²) in [5.41, 5.74) is 1.61. The lowest BCUT2D eigenvalue weighted by Crippen LogP contribution is -2.30. The third-order valence-electron chi connectivity index (χ3n) is 3.38. The van der Waals surface area contributed by atoms with Crippen LogP contribution in [0.2, 0.25) is 0 Å². The second-order valence-electron chi connectivity index (χ2n) is 6.02. The highest BCUT2D eigenvalue weighted by molar-refractivity contribution is 5.86. The van der Waals surface area contributed by atoms with Crippen LogP contribution >= 0.6 is 0 Å². The molecule has 1 aliphatic heterocycles. The minimum Gasteiger partial charge on any atom is -0.354 e. The van der Waals surface area contributed by atoms with Crippen LogP contribution in [0.25, 0.3) is 5.65 Å². The molecule has 7 nitrogen and oxygen atoms in total. The Balaban J connectivity index is 1.98. The predicted molar refractivity (Wildman–Crippen MR) is 74.5 cm³/mol. The first-order chi connectivity index (χ1) is 9.45. The molecule has 7 heteroatoms. The lowest BCUT2D eigenvalue weighted by atomic mass is 9.93. The molecule has 1 saturated heterocycles. The summed E-state index contributed by atoms with van der Waals surface area (Å²) in [6, 6.07) is 1.69. The third kappa shape index (κ3) is 2.19. The molecule has 20 heavy (non-hydrogen) atoms. The average Bonchev–Trinajstić information content (AvgIpc) is 2.96. The maximum absolute atomic E-state index is 11.6. The standard InChI is InChI=1S/C13H18N6O/c1-13(2,3)9-6-10-15-7-16-12(19(10)18-9)17-8-4-5-14-11(8)20/h6-8H,4-5H2,1-3H3,(H,14,20)(H,15,16,17). The van der Waals surface area contributed by atoms with Crippen molar-refractivity contribution in [2.24, 2.45) is 0 Å². The average molecular weight is 274 g/mol. The minimum absolute atomic E-state index is 0.0000341. The van der Waals surface area contributed by atoms with Gasteiger partial charge in [-0.25, -0.2) is 9.97 Å². The third-order valence-corrected chi connectivity index (χ3v) is 3.38. The van der Waals surface area contributed by atoms with Crippen LogP contribution in [0.1, 0.15) is 32.9 Å². The quantitative estimate of drug-likeness (QED) is 0.843. The van der Waals surface area contributed by atoms with Gasteiger partial charge in [-0.3, -0.25) is 4.79 Å². The van der Waals surface area contributed by atoms with Crippen molar-refractivity contribution in [3.63, 3.8) is 0 Å². The molecule has 0 saturated carbocycles. The van der Waals surface area contributed by atoms with E-state index in [1.807, 2.05) is 6.07 Å². The normalized spacial score (nSPS) is 19.4. The summed E-state index contributed by atoms with van der Waals surface area (Å²) in [6.45, 7) is 6.98. The number of hydrogen-bond acceptors (Lipinski definition) is 5. The summed E-state index contributed by atoms with van der Waals surface area (Å²) in [7, 11) is 0. The number of fused-ring (bicyclic) bond motifs is 1. The summed E-state index contributed by atoms with van der Waals surface area (Å²) >= 11 is 0. The van der Waals surface area contributed by atoms with Gasteiger partial charge in [-0.15, -0.1) is 0 Å². The van der Waals surface area contributed by atoms with Crippen LogP contribution in [-0.4, -0.2) is 38.1 Å². The SMILES string of the molecule is CC(C)(C)c1cc2ncnc(NC3CCNC3=O)n2n1. The highest BCUT2D eigenvalue weighted by Gasteiger charge is 2.26. The molecule has 1 aliphatic rings. The van der Waals surface area contributed by atoms with E-state index in [1.54, 1.807) is 4.52 Å². The molecule has 106 valence electrons. The number of aromatic nitrogens is 4. The summed E-state index contributed by atoms with van der Waals surface area (Å²) in [5.74, 6) is 0.549. The number of nitrogens with one attached hydrogen (secondary N) is 2. The smallest absolute Gasteiger partial charge is 0.242 e. The molecule has 3 heterocycles. The monoisotopic (exact) mass is 274 g/mol. The highest BCUT2D eigenvalue weighted by Crippen LogP contribution is 2.22. The topological polar surface area (TPSA) is 84.2 Å². The zero-order valence-corrected chi connectivity index (χ0v) is 11.8. The van der Waals surface area contributed by atoms with E-state index in [0.29, 0.717) is 12.5 Å². The lowest BCUT2D eigenvalue weighted by Gasteiger charge is -2.14. The van der Waals surface area contributed by atoms with Gasteiger partial charge in [-0.05, 0) is 6.42 Å². The van der Waals surface area contributed by atoms with Gasteiger partial charge in [0.15, 0.2) is 5.65 Å². The molecule has 0 bridgehead atoms. The van der Waals surface area contributed by atoms with Crippen molar-refractivity contribution < 1.29 is 4.79 Å². The second kappa shape index (κ2) is 4.43. The van der Waals surface area contributed by atoms with Crippen LogP contribution in [0.15, 0.2) is 12.4 Å². The first kappa shape index (κ1) is 12.8. The van der Waals surface area contributed by atoms with Crippen LogP contribution in [0, 0.1) is 0 Å².